The SMILES string of the molecule is Cc1cc(=O)oc2cc(OCC(=O)Nc3ccccc3C(=O)[O-])ccc12. The topological polar surface area (TPSA) is 109 Å². The van der Waals surface area contributed by atoms with Crippen molar-refractivity contribution in [1.29, 1.82) is 0 Å². The number of aryl methyl sites for hydroxylation is 1. The lowest BCUT2D eigenvalue weighted by Crippen LogP contribution is -2.26. The third-order valence-electron chi connectivity index (χ3n) is 3.71. The third kappa shape index (κ3) is 3.72. The minimum Gasteiger partial charge on any atom is -0.545 e. The van der Waals surface area contributed by atoms with E-state index in [-0.39, 0.29) is 17.9 Å². The first-order valence-corrected chi connectivity index (χ1v) is 7.71. The summed E-state index contributed by atoms with van der Waals surface area (Å²) in [5.41, 5.74) is 0.670. The largest absolute Gasteiger partial charge is 0.545 e. The number of carboxylic acids is 1. The smallest absolute Gasteiger partial charge is 0.336 e. The molecule has 0 fully saturated rings. The second-order valence-electron chi connectivity index (χ2n) is 5.58. The van der Waals surface area contributed by atoms with Gasteiger partial charge in [-0.05, 0) is 30.7 Å². The van der Waals surface area contributed by atoms with Crippen LogP contribution < -0.4 is 20.8 Å². The number of carboxylic acid groups (broad SMARTS) is 1. The molecule has 0 aliphatic rings. The van der Waals surface area contributed by atoms with Crippen LogP contribution in [-0.2, 0) is 4.79 Å². The van der Waals surface area contributed by atoms with E-state index in [1.807, 2.05) is 0 Å². The minimum atomic E-state index is -1.39. The number of hydrogen-bond donors (Lipinski definition) is 1. The molecular formula is C19H14NO6-. The molecule has 0 aliphatic carbocycles. The van der Waals surface area contributed by atoms with Gasteiger partial charge in [-0.1, -0.05) is 18.2 Å². The van der Waals surface area contributed by atoms with Gasteiger partial charge in [-0.25, -0.2) is 4.79 Å². The monoisotopic (exact) mass is 352 g/mol. The molecule has 0 aliphatic heterocycles. The first-order chi connectivity index (χ1) is 12.4. The van der Waals surface area contributed by atoms with Crippen LogP contribution in [0.5, 0.6) is 5.75 Å². The number of fused-ring (bicyclic) bond motifs is 1. The van der Waals surface area contributed by atoms with Crippen molar-refractivity contribution in [2.45, 2.75) is 6.92 Å². The number of aromatic carboxylic acids is 1. The third-order valence-corrected chi connectivity index (χ3v) is 3.71. The number of hydrogen-bond acceptors (Lipinski definition) is 6. The Bertz CT molecular complexity index is 1050. The summed E-state index contributed by atoms with van der Waals surface area (Å²) in [5, 5.41) is 14.3. The van der Waals surface area contributed by atoms with Crippen LogP contribution in [0.2, 0.25) is 0 Å². The van der Waals surface area contributed by atoms with Gasteiger partial charge in [0.25, 0.3) is 5.91 Å². The summed E-state index contributed by atoms with van der Waals surface area (Å²) < 4.78 is 10.5. The lowest BCUT2D eigenvalue weighted by Gasteiger charge is -2.12. The number of para-hydroxylation sites is 1. The first kappa shape index (κ1) is 17.2. The Balaban J connectivity index is 1.71. The highest BCUT2D eigenvalue weighted by Crippen LogP contribution is 2.22. The van der Waals surface area contributed by atoms with E-state index in [2.05, 4.69) is 5.32 Å². The summed E-state index contributed by atoms with van der Waals surface area (Å²) in [6.45, 7) is 1.45. The minimum absolute atomic E-state index is 0.121. The Morgan fingerprint density at radius 1 is 1.15 bits per heavy atom. The van der Waals surface area contributed by atoms with Crippen molar-refractivity contribution in [2.24, 2.45) is 0 Å². The molecule has 1 heterocycles. The number of anilines is 1. The predicted molar refractivity (Wildman–Crippen MR) is 92.1 cm³/mol. The van der Waals surface area contributed by atoms with Crippen LogP contribution in [0.1, 0.15) is 15.9 Å². The van der Waals surface area contributed by atoms with Gasteiger partial charge >= 0.3 is 5.63 Å². The average molecular weight is 352 g/mol. The number of amides is 1. The van der Waals surface area contributed by atoms with Crippen molar-refractivity contribution in [3.8, 4) is 5.75 Å². The number of benzene rings is 2. The van der Waals surface area contributed by atoms with E-state index < -0.39 is 17.5 Å². The Hall–Kier alpha value is -3.61. The number of ether oxygens (including phenoxy) is 1. The molecule has 3 aromatic rings. The van der Waals surface area contributed by atoms with E-state index in [0.29, 0.717) is 11.3 Å². The van der Waals surface area contributed by atoms with Crippen LogP contribution in [-0.4, -0.2) is 18.5 Å². The highest BCUT2D eigenvalue weighted by molar-refractivity contribution is 6.00. The average Bonchev–Trinajstić information content (AvgIpc) is 2.59. The number of carbonyl (C=O) groups excluding carboxylic acids is 2. The van der Waals surface area contributed by atoms with Gasteiger partial charge in [0.15, 0.2) is 6.61 Å². The van der Waals surface area contributed by atoms with Crippen molar-refractivity contribution in [3.63, 3.8) is 0 Å². The maximum atomic E-state index is 12.0. The Labute approximate surface area is 147 Å². The molecular weight excluding hydrogens is 338 g/mol. The molecule has 1 amide bonds. The maximum Gasteiger partial charge on any atom is 0.336 e. The quantitative estimate of drug-likeness (QED) is 0.697. The van der Waals surface area contributed by atoms with Crippen LogP contribution in [0.4, 0.5) is 5.69 Å². The second kappa shape index (κ2) is 7.10. The Morgan fingerprint density at radius 3 is 2.69 bits per heavy atom. The van der Waals surface area contributed by atoms with Gasteiger partial charge in [0, 0.05) is 28.8 Å². The van der Waals surface area contributed by atoms with Crippen molar-refractivity contribution in [1.82, 2.24) is 0 Å². The molecule has 2 aromatic carbocycles. The Morgan fingerprint density at radius 2 is 1.92 bits per heavy atom. The van der Waals surface area contributed by atoms with E-state index in [0.717, 1.165) is 10.9 Å². The van der Waals surface area contributed by atoms with Crippen LogP contribution in [0.3, 0.4) is 0 Å². The zero-order valence-electron chi connectivity index (χ0n) is 13.8. The van der Waals surface area contributed by atoms with Gasteiger partial charge in [0.1, 0.15) is 11.3 Å². The Kier molecular flexibility index (Phi) is 4.70. The molecule has 0 spiro atoms. The zero-order valence-corrected chi connectivity index (χ0v) is 13.8. The van der Waals surface area contributed by atoms with Gasteiger partial charge < -0.3 is 24.4 Å². The fraction of sp³-hybridized carbons (Fsp3) is 0.105. The van der Waals surface area contributed by atoms with E-state index in [9.17, 15) is 19.5 Å². The lowest BCUT2D eigenvalue weighted by atomic mass is 10.1. The molecule has 3 rings (SSSR count). The van der Waals surface area contributed by atoms with E-state index in [1.54, 1.807) is 25.1 Å². The molecule has 7 nitrogen and oxygen atoms in total. The van der Waals surface area contributed by atoms with E-state index >= 15 is 0 Å². The van der Waals surface area contributed by atoms with Crippen molar-refractivity contribution >= 4 is 28.5 Å². The standard InChI is InChI=1S/C19H15NO6/c1-11-8-18(22)26-16-9-12(6-7-13(11)16)25-10-17(21)20-15-5-3-2-4-14(15)19(23)24/h2-9H,10H2,1H3,(H,20,21)(H,23,24)/p-1. The maximum absolute atomic E-state index is 12.0. The highest BCUT2D eigenvalue weighted by Gasteiger charge is 2.09. The molecule has 0 saturated heterocycles. The number of carbonyl (C=O) groups is 2. The summed E-state index contributed by atoms with van der Waals surface area (Å²) in [7, 11) is 0. The first-order valence-electron chi connectivity index (χ1n) is 7.71. The normalized spacial score (nSPS) is 10.5. The van der Waals surface area contributed by atoms with Crippen molar-refractivity contribution in [3.05, 3.63) is 70.1 Å². The molecule has 1 aromatic heterocycles. The van der Waals surface area contributed by atoms with Crippen molar-refractivity contribution < 1.29 is 23.8 Å². The van der Waals surface area contributed by atoms with Gasteiger partial charge in [0.05, 0.1) is 5.97 Å². The number of nitrogens with one attached hydrogen (secondary N) is 1. The van der Waals surface area contributed by atoms with Gasteiger partial charge in [-0.15, -0.1) is 0 Å². The molecule has 7 heteroatoms. The molecule has 0 atom stereocenters. The molecule has 26 heavy (non-hydrogen) atoms. The van der Waals surface area contributed by atoms with Crippen LogP contribution in [0.25, 0.3) is 11.0 Å². The second-order valence-corrected chi connectivity index (χ2v) is 5.58. The van der Waals surface area contributed by atoms with Crippen molar-refractivity contribution in [2.75, 3.05) is 11.9 Å². The predicted octanol–water partition coefficient (Wildman–Crippen LogP) is 1.48. The summed E-state index contributed by atoms with van der Waals surface area (Å²) >= 11 is 0. The van der Waals surface area contributed by atoms with E-state index in [4.69, 9.17) is 9.15 Å². The molecule has 0 unspecified atom stereocenters. The van der Waals surface area contributed by atoms with Gasteiger partial charge in [-0.3, -0.25) is 4.79 Å². The molecule has 1 N–H and O–H groups in total. The van der Waals surface area contributed by atoms with Crippen LogP contribution in [0, 0.1) is 6.92 Å². The van der Waals surface area contributed by atoms with Crippen LogP contribution in [0.15, 0.2) is 57.7 Å². The molecule has 0 radical (unpaired) electrons. The van der Waals surface area contributed by atoms with E-state index in [1.165, 1.54) is 30.3 Å². The summed E-state index contributed by atoms with van der Waals surface area (Å²) in [4.78, 5) is 34.5. The summed E-state index contributed by atoms with van der Waals surface area (Å²) in [6, 6.07) is 12.2. The molecule has 0 saturated carbocycles. The lowest BCUT2D eigenvalue weighted by molar-refractivity contribution is -0.254. The summed E-state index contributed by atoms with van der Waals surface area (Å²) in [6.07, 6.45) is 0. The number of rotatable bonds is 5. The molecule has 132 valence electrons. The fourth-order valence-electron chi connectivity index (χ4n) is 2.50. The highest BCUT2D eigenvalue weighted by atomic mass is 16.5. The fourth-order valence-corrected chi connectivity index (χ4v) is 2.50. The molecule has 0 bridgehead atoms. The zero-order chi connectivity index (χ0) is 18.7. The van der Waals surface area contributed by atoms with Gasteiger partial charge in [-0.2, -0.15) is 0 Å². The van der Waals surface area contributed by atoms with Gasteiger partial charge in [0.2, 0.25) is 0 Å². The van der Waals surface area contributed by atoms with Crippen LogP contribution >= 0.6 is 0 Å². The summed E-state index contributed by atoms with van der Waals surface area (Å²) in [5.74, 6) is -1.58.